The Morgan fingerprint density at radius 2 is 2.10 bits per heavy atom. The molecule has 21 heavy (non-hydrogen) atoms. The van der Waals surface area contributed by atoms with E-state index in [0.717, 1.165) is 44.4 Å². The molecule has 0 radical (unpaired) electrons. The van der Waals surface area contributed by atoms with Crippen LogP contribution in [0.1, 0.15) is 31.7 Å². The third-order valence-corrected chi connectivity index (χ3v) is 3.96. The number of hydrogen-bond acceptors (Lipinski definition) is 3. The summed E-state index contributed by atoms with van der Waals surface area (Å²) in [6, 6.07) is 8.30. The molecule has 0 aromatic heterocycles. The Morgan fingerprint density at radius 3 is 2.81 bits per heavy atom. The molecule has 1 unspecified atom stereocenters. The Kier molecular flexibility index (Phi) is 7.04. The van der Waals surface area contributed by atoms with Gasteiger partial charge in [-0.15, -0.1) is 0 Å². The third-order valence-electron chi connectivity index (χ3n) is 3.96. The first-order valence-corrected chi connectivity index (χ1v) is 8.23. The van der Waals surface area contributed by atoms with E-state index in [0.29, 0.717) is 5.92 Å². The minimum absolute atomic E-state index is 0.506. The van der Waals surface area contributed by atoms with Crippen LogP contribution in [0.2, 0.25) is 0 Å². The van der Waals surface area contributed by atoms with E-state index in [1.807, 2.05) is 12.1 Å². The molecule has 1 aliphatic carbocycles. The van der Waals surface area contributed by atoms with Crippen LogP contribution in [-0.4, -0.2) is 33.4 Å². The van der Waals surface area contributed by atoms with Crippen molar-refractivity contribution in [2.45, 2.75) is 32.6 Å². The van der Waals surface area contributed by atoms with Crippen LogP contribution in [-0.2, 0) is 11.2 Å². The summed E-state index contributed by atoms with van der Waals surface area (Å²) in [6.45, 7) is 6.06. The predicted octanol–water partition coefficient (Wildman–Crippen LogP) is 3.28. The Hall–Kier alpha value is -1.06. The minimum atomic E-state index is 0.506. The lowest BCUT2D eigenvalue weighted by molar-refractivity contribution is 0.0905. The van der Waals surface area contributed by atoms with E-state index in [9.17, 15) is 0 Å². The fourth-order valence-corrected chi connectivity index (χ4v) is 2.54. The van der Waals surface area contributed by atoms with Gasteiger partial charge in [-0.1, -0.05) is 25.1 Å². The van der Waals surface area contributed by atoms with Gasteiger partial charge in [-0.05, 0) is 55.7 Å². The highest BCUT2D eigenvalue weighted by molar-refractivity contribution is 5.33. The van der Waals surface area contributed by atoms with Gasteiger partial charge in [-0.2, -0.15) is 0 Å². The molecule has 1 saturated carbocycles. The Bertz CT molecular complexity index is 404. The molecule has 0 heterocycles. The lowest BCUT2D eigenvalue weighted by Crippen LogP contribution is -2.28. The largest absolute Gasteiger partial charge is 0.496 e. The summed E-state index contributed by atoms with van der Waals surface area (Å²) in [7, 11) is 1.74. The van der Waals surface area contributed by atoms with Crippen molar-refractivity contribution < 1.29 is 9.47 Å². The van der Waals surface area contributed by atoms with Crippen LogP contribution in [0.4, 0.5) is 0 Å². The van der Waals surface area contributed by atoms with Crippen LogP contribution in [0.5, 0.6) is 5.75 Å². The highest BCUT2D eigenvalue weighted by atomic mass is 16.5. The zero-order valence-corrected chi connectivity index (χ0v) is 13.4. The lowest BCUT2D eigenvalue weighted by Gasteiger charge is -2.19. The van der Waals surface area contributed by atoms with Gasteiger partial charge in [0.15, 0.2) is 0 Å². The standard InChI is InChI=1S/C18H29NO2/c1-3-10-19-12-16(14-21-13-15-8-9-15)11-17-6-4-5-7-18(17)20-2/h4-7,15-16,19H,3,8-14H2,1-2H3. The molecule has 3 nitrogen and oxygen atoms in total. The topological polar surface area (TPSA) is 30.5 Å². The number of para-hydroxylation sites is 1. The summed E-state index contributed by atoms with van der Waals surface area (Å²) in [5.74, 6) is 2.33. The smallest absolute Gasteiger partial charge is 0.122 e. The Morgan fingerprint density at radius 1 is 1.29 bits per heavy atom. The summed E-state index contributed by atoms with van der Waals surface area (Å²) in [5.41, 5.74) is 1.28. The molecule has 0 saturated heterocycles. The van der Waals surface area contributed by atoms with Crippen molar-refractivity contribution in [2.24, 2.45) is 11.8 Å². The van der Waals surface area contributed by atoms with Crippen LogP contribution in [0.3, 0.4) is 0 Å². The van der Waals surface area contributed by atoms with E-state index >= 15 is 0 Å². The molecule has 0 spiro atoms. The van der Waals surface area contributed by atoms with E-state index in [-0.39, 0.29) is 0 Å². The predicted molar refractivity (Wildman–Crippen MR) is 86.9 cm³/mol. The van der Waals surface area contributed by atoms with Gasteiger partial charge in [-0.25, -0.2) is 0 Å². The maximum absolute atomic E-state index is 5.92. The molecule has 1 N–H and O–H groups in total. The van der Waals surface area contributed by atoms with Crippen LogP contribution < -0.4 is 10.1 Å². The third kappa shape index (κ3) is 6.06. The Balaban J connectivity index is 1.85. The first kappa shape index (κ1) is 16.3. The van der Waals surface area contributed by atoms with Crippen molar-refractivity contribution in [2.75, 3.05) is 33.4 Å². The van der Waals surface area contributed by atoms with Gasteiger partial charge in [0.25, 0.3) is 0 Å². The zero-order chi connectivity index (χ0) is 14.9. The van der Waals surface area contributed by atoms with Crippen LogP contribution in [0.25, 0.3) is 0 Å². The molecule has 1 aromatic rings. The number of nitrogens with one attached hydrogen (secondary N) is 1. The quantitative estimate of drug-likeness (QED) is 0.635. The average Bonchev–Trinajstić information content (AvgIpc) is 3.32. The zero-order valence-electron chi connectivity index (χ0n) is 13.4. The number of hydrogen-bond donors (Lipinski definition) is 1. The van der Waals surface area contributed by atoms with Crippen molar-refractivity contribution in [3.63, 3.8) is 0 Å². The second-order valence-corrected chi connectivity index (χ2v) is 6.07. The molecule has 1 aliphatic rings. The highest BCUT2D eigenvalue weighted by Crippen LogP contribution is 2.29. The number of rotatable bonds is 11. The van der Waals surface area contributed by atoms with Crippen LogP contribution in [0.15, 0.2) is 24.3 Å². The van der Waals surface area contributed by atoms with Crippen LogP contribution >= 0.6 is 0 Å². The molecule has 3 heteroatoms. The monoisotopic (exact) mass is 291 g/mol. The van der Waals surface area contributed by atoms with Crippen molar-refractivity contribution in [1.82, 2.24) is 5.32 Å². The van der Waals surface area contributed by atoms with Gasteiger partial charge >= 0.3 is 0 Å². The van der Waals surface area contributed by atoms with E-state index in [1.54, 1.807) is 7.11 Å². The summed E-state index contributed by atoms with van der Waals surface area (Å²) < 4.78 is 11.4. The summed E-state index contributed by atoms with van der Waals surface area (Å²) in [5, 5.41) is 3.53. The summed E-state index contributed by atoms with van der Waals surface area (Å²) in [6.07, 6.45) is 4.88. The van der Waals surface area contributed by atoms with Crippen molar-refractivity contribution in [3.05, 3.63) is 29.8 Å². The molecule has 2 rings (SSSR count). The van der Waals surface area contributed by atoms with Crippen molar-refractivity contribution in [1.29, 1.82) is 0 Å². The fourth-order valence-electron chi connectivity index (χ4n) is 2.54. The average molecular weight is 291 g/mol. The maximum atomic E-state index is 5.92. The molecule has 0 bridgehead atoms. The van der Waals surface area contributed by atoms with Gasteiger partial charge in [0, 0.05) is 13.2 Å². The van der Waals surface area contributed by atoms with Crippen molar-refractivity contribution >= 4 is 0 Å². The summed E-state index contributed by atoms with van der Waals surface area (Å²) >= 11 is 0. The molecule has 0 aliphatic heterocycles. The number of benzene rings is 1. The molecule has 118 valence electrons. The molecule has 1 fully saturated rings. The SMILES string of the molecule is CCCNCC(COCC1CC1)Cc1ccccc1OC. The first-order chi connectivity index (χ1) is 10.3. The van der Waals surface area contributed by atoms with E-state index in [4.69, 9.17) is 9.47 Å². The van der Waals surface area contributed by atoms with Crippen molar-refractivity contribution in [3.8, 4) is 5.75 Å². The molecule has 1 atom stereocenters. The molecule has 0 amide bonds. The maximum Gasteiger partial charge on any atom is 0.122 e. The highest BCUT2D eigenvalue weighted by Gasteiger charge is 2.22. The van der Waals surface area contributed by atoms with Crippen LogP contribution in [0, 0.1) is 11.8 Å². The second-order valence-electron chi connectivity index (χ2n) is 6.07. The van der Waals surface area contributed by atoms with Gasteiger partial charge in [-0.3, -0.25) is 0 Å². The summed E-state index contributed by atoms with van der Waals surface area (Å²) in [4.78, 5) is 0. The van der Waals surface area contributed by atoms with E-state index < -0.39 is 0 Å². The Labute approximate surface area is 129 Å². The van der Waals surface area contributed by atoms with Gasteiger partial charge < -0.3 is 14.8 Å². The fraction of sp³-hybridized carbons (Fsp3) is 0.667. The van der Waals surface area contributed by atoms with E-state index in [2.05, 4.69) is 24.4 Å². The normalized spacial score (nSPS) is 15.9. The van der Waals surface area contributed by atoms with Gasteiger partial charge in [0.05, 0.1) is 13.7 Å². The first-order valence-electron chi connectivity index (χ1n) is 8.23. The van der Waals surface area contributed by atoms with E-state index in [1.165, 1.54) is 24.8 Å². The minimum Gasteiger partial charge on any atom is -0.496 e. The molecular formula is C18H29NO2. The molecular weight excluding hydrogens is 262 g/mol. The molecule has 1 aromatic carbocycles. The number of ether oxygens (including phenoxy) is 2. The second kappa shape index (κ2) is 9.06. The van der Waals surface area contributed by atoms with Gasteiger partial charge in [0.1, 0.15) is 5.75 Å². The number of methoxy groups -OCH3 is 1. The van der Waals surface area contributed by atoms with Gasteiger partial charge in [0.2, 0.25) is 0 Å². The lowest BCUT2D eigenvalue weighted by atomic mass is 9.99.